The summed E-state index contributed by atoms with van der Waals surface area (Å²) in [6.45, 7) is 1.64. The smallest absolute Gasteiger partial charge is 0.264 e. The molecule has 0 aliphatic rings. The van der Waals surface area contributed by atoms with Crippen LogP contribution in [0.15, 0.2) is 46.2 Å². The van der Waals surface area contributed by atoms with Crippen LogP contribution in [0.5, 0.6) is 0 Å². The summed E-state index contributed by atoms with van der Waals surface area (Å²) in [4.78, 5) is -0.109. The number of hydrogen-bond donors (Lipinski definition) is 1. The zero-order chi connectivity index (χ0) is 16.3. The molecule has 0 radical (unpaired) electrons. The van der Waals surface area contributed by atoms with Crippen molar-refractivity contribution in [1.29, 1.82) is 5.26 Å². The summed E-state index contributed by atoms with van der Waals surface area (Å²) in [7, 11) is -4.25. The highest BCUT2D eigenvalue weighted by atomic mass is 32.2. The maximum Gasteiger partial charge on any atom is 0.264 e. The number of benzene rings is 2. The second-order valence-electron chi connectivity index (χ2n) is 4.35. The summed E-state index contributed by atoms with van der Waals surface area (Å²) in [6.07, 6.45) is 0. The van der Waals surface area contributed by atoms with Gasteiger partial charge in [-0.05, 0) is 60.6 Å². The van der Waals surface area contributed by atoms with E-state index in [1.165, 1.54) is 6.07 Å². The van der Waals surface area contributed by atoms with E-state index >= 15 is 0 Å². The van der Waals surface area contributed by atoms with Gasteiger partial charge in [0.15, 0.2) is 0 Å². The number of hydrogen-bond acceptors (Lipinski definition) is 4. The van der Waals surface area contributed by atoms with Crippen molar-refractivity contribution in [3.05, 3.63) is 53.6 Å². The van der Waals surface area contributed by atoms with Crippen molar-refractivity contribution in [2.45, 2.75) is 16.7 Å². The van der Waals surface area contributed by atoms with E-state index < -0.39 is 26.6 Å². The van der Waals surface area contributed by atoms with Crippen molar-refractivity contribution in [2.75, 3.05) is 4.72 Å². The van der Waals surface area contributed by atoms with Crippen LogP contribution in [-0.4, -0.2) is 8.42 Å². The number of thioether (sulfide) groups is 1. The zero-order valence-electron chi connectivity index (χ0n) is 11.3. The van der Waals surface area contributed by atoms with E-state index in [0.29, 0.717) is 16.5 Å². The number of aryl methyl sites for hydroxylation is 1. The SMILES string of the molecule is Cc1cc(SC#N)ccc1NS(=O)(=O)c1cc(F)ccc1F. The van der Waals surface area contributed by atoms with Crippen LogP contribution < -0.4 is 4.72 Å². The Balaban J connectivity index is 2.37. The van der Waals surface area contributed by atoms with Gasteiger partial charge in [-0.2, -0.15) is 5.26 Å². The van der Waals surface area contributed by atoms with E-state index in [1.54, 1.807) is 19.1 Å². The summed E-state index contributed by atoms with van der Waals surface area (Å²) < 4.78 is 53.3. The van der Waals surface area contributed by atoms with E-state index in [9.17, 15) is 17.2 Å². The molecule has 0 atom stereocenters. The number of thiocyanates is 1. The van der Waals surface area contributed by atoms with E-state index in [0.717, 1.165) is 23.9 Å². The third kappa shape index (κ3) is 3.55. The summed E-state index contributed by atoms with van der Waals surface area (Å²) in [5, 5.41) is 10.5. The minimum Gasteiger partial charge on any atom is -0.279 e. The highest BCUT2D eigenvalue weighted by Gasteiger charge is 2.20. The predicted octanol–water partition coefficient (Wildman–Crippen LogP) is 3.65. The molecule has 0 unspecified atom stereocenters. The first-order valence-electron chi connectivity index (χ1n) is 5.98. The lowest BCUT2D eigenvalue weighted by atomic mass is 10.2. The highest BCUT2D eigenvalue weighted by molar-refractivity contribution is 8.03. The molecule has 0 aliphatic carbocycles. The number of sulfonamides is 1. The van der Waals surface area contributed by atoms with Crippen LogP contribution in [0.4, 0.5) is 14.5 Å². The monoisotopic (exact) mass is 340 g/mol. The molecule has 0 spiro atoms. The van der Waals surface area contributed by atoms with Gasteiger partial charge in [-0.1, -0.05) is 0 Å². The number of nitriles is 1. The maximum atomic E-state index is 13.6. The Morgan fingerprint density at radius 3 is 2.55 bits per heavy atom. The van der Waals surface area contributed by atoms with Crippen molar-refractivity contribution < 1.29 is 17.2 Å². The largest absolute Gasteiger partial charge is 0.279 e. The second kappa shape index (κ2) is 6.34. The quantitative estimate of drug-likeness (QED) is 0.681. The van der Waals surface area contributed by atoms with Crippen LogP contribution in [-0.2, 0) is 10.0 Å². The molecule has 114 valence electrons. The molecule has 0 aromatic heterocycles. The minimum atomic E-state index is -4.25. The van der Waals surface area contributed by atoms with E-state index in [2.05, 4.69) is 4.72 Å². The molecule has 2 rings (SSSR count). The van der Waals surface area contributed by atoms with Crippen LogP contribution >= 0.6 is 11.8 Å². The van der Waals surface area contributed by atoms with Gasteiger partial charge in [0.05, 0.1) is 5.69 Å². The Hall–Kier alpha value is -2.11. The van der Waals surface area contributed by atoms with Gasteiger partial charge in [0.1, 0.15) is 21.9 Å². The van der Waals surface area contributed by atoms with Crippen LogP contribution in [0.2, 0.25) is 0 Å². The number of nitrogens with zero attached hydrogens (tertiary/aromatic N) is 1. The van der Waals surface area contributed by atoms with Gasteiger partial charge in [0, 0.05) is 4.90 Å². The first-order chi connectivity index (χ1) is 10.3. The van der Waals surface area contributed by atoms with Gasteiger partial charge in [0.25, 0.3) is 10.0 Å². The van der Waals surface area contributed by atoms with E-state index in [1.807, 2.05) is 5.40 Å². The average molecular weight is 340 g/mol. The van der Waals surface area contributed by atoms with Crippen molar-refractivity contribution >= 4 is 27.5 Å². The lowest BCUT2D eigenvalue weighted by molar-refractivity contribution is 0.555. The molecular formula is C14H10F2N2O2S2. The van der Waals surface area contributed by atoms with Crippen LogP contribution in [0.1, 0.15) is 5.56 Å². The second-order valence-corrected chi connectivity index (χ2v) is 6.86. The minimum absolute atomic E-state index is 0.228. The van der Waals surface area contributed by atoms with Crippen LogP contribution in [0.25, 0.3) is 0 Å². The van der Waals surface area contributed by atoms with Gasteiger partial charge in [-0.3, -0.25) is 4.72 Å². The molecule has 8 heteroatoms. The molecule has 2 aromatic carbocycles. The summed E-state index contributed by atoms with van der Waals surface area (Å²) in [5.41, 5.74) is 0.784. The normalized spacial score (nSPS) is 11.0. The molecule has 0 saturated carbocycles. The van der Waals surface area contributed by atoms with Gasteiger partial charge >= 0.3 is 0 Å². The molecule has 1 N–H and O–H groups in total. The van der Waals surface area contributed by atoms with Gasteiger partial charge in [0.2, 0.25) is 0 Å². The molecule has 4 nitrogen and oxygen atoms in total. The fourth-order valence-electron chi connectivity index (χ4n) is 1.75. The number of nitrogens with one attached hydrogen (secondary N) is 1. The van der Waals surface area contributed by atoms with Gasteiger partial charge < -0.3 is 0 Å². The molecule has 0 aliphatic heterocycles. The Morgan fingerprint density at radius 2 is 1.91 bits per heavy atom. The summed E-state index contributed by atoms with van der Waals surface area (Å²) in [5.74, 6) is -1.89. The zero-order valence-corrected chi connectivity index (χ0v) is 12.9. The molecule has 0 fully saturated rings. The molecular weight excluding hydrogens is 330 g/mol. The lowest BCUT2D eigenvalue weighted by Crippen LogP contribution is -2.15. The Labute approximate surface area is 130 Å². The van der Waals surface area contributed by atoms with E-state index in [4.69, 9.17) is 5.26 Å². The molecule has 22 heavy (non-hydrogen) atoms. The summed E-state index contributed by atoms with van der Waals surface area (Å²) in [6, 6.07) is 6.85. The number of anilines is 1. The van der Waals surface area contributed by atoms with Crippen molar-refractivity contribution in [3.8, 4) is 5.40 Å². The number of halogens is 2. The standard InChI is InChI=1S/C14H10F2N2O2S2/c1-9-6-11(21-8-17)3-5-13(9)18-22(19,20)14-7-10(15)2-4-12(14)16/h2-7,18H,1H3. The van der Waals surface area contributed by atoms with Crippen molar-refractivity contribution in [3.63, 3.8) is 0 Å². The average Bonchev–Trinajstić information content (AvgIpc) is 2.44. The van der Waals surface area contributed by atoms with Gasteiger partial charge in [-0.15, -0.1) is 0 Å². The van der Waals surface area contributed by atoms with Gasteiger partial charge in [-0.25, -0.2) is 17.2 Å². The highest BCUT2D eigenvalue weighted by Crippen LogP contribution is 2.26. The number of rotatable bonds is 4. The van der Waals surface area contributed by atoms with Crippen LogP contribution in [0.3, 0.4) is 0 Å². The van der Waals surface area contributed by atoms with Crippen molar-refractivity contribution in [1.82, 2.24) is 0 Å². The molecule has 0 bridgehead atoms. The fraction of sp³-hybridized carbons (Fsp3) is 0.0714. The first-order valence-corrected chi connectivity index (χ1v) is 8.28. The first kappa shape index (κ1) is 16.3. The molecule has 2 aromatic rings. The Bertz CT molecular complexity index is 862. The Kier molecular flexibility index (Phi) is 4.68. The summed E-state index contributed by atoms with van der Waals surface area (Å²) >= 11 is 0.936. The topological polar surface area (TPSA) is 70.0 Å². The Morgan fingerprint density at radius 1 is 1.18 bits per heavy atom. The van der Waals surface area contributed by atoms with Crippen LogP contribution in [0, 0.1) is 29.2 Å². The molecule has 0 amide bonds. The molecule has 0 saturated heterocycles. The predicted molar refractivity (Wildman–Crippen MR) is 79.8 cm³/mol. The lowest BCUT2D eigenvalue weighted by Gasteiger charge is -2.11. The van der Waals surface area contributed by atoms with Crippen molar-refractivity contribution in [2.24, 2.45) is 0 Å². The molecule has 0 heterocycles. The third-order valence-electron chi connectivity index (χ3n) is 2.79. The fourth-order valence-corrected chi connectivity index (χ4v) is 3.45. The van der Waals surface area contributed by atoms with E-state index in [-0.39, 0.29) is 5.69 Å². The third-order valence-corrected chi connectivity index (χ3v) is 4.75. The maximum absolute atomic E-state index is 13.6.